The van der Waals surface area contributed by atoms with Gasteiger partial charge in [0.25, 0.3) is 5.78 Å². The zero-order chi connectivity index (χ0) is 13.1. The van der Waals surface area contributed by atoms with Gasteiger partial charge >= 0.3 is 0 Å². The van der Waals surface area contributed by atoms with Gasteiger partial charge in [-0.3, -0.25) is 4.21 Å². The van der Waals surface area contributed by atoms with Gasteiger partial charge in [-0.05, 0) is 6.92 Å². The third kappa shape index (κ3) is 2.62. The number of nitrogens with zero attached hydrogens (tertiary/aromatic N) is 4. The van der Waals surface area contributed by atoms with E-state index in [1.54, 1.807) is 4.52 Å². The average molecular weight is 288 g/mol. The number of nitrogens with one attached hydrogen (secondary N) is 1. The van der Waals surface area contributed by atoms with E-state index >= 15 is 0 Å². The third-order valence-corrected chi connectivity index (χ3v) is 4.22. The fraction of sp³-hybridized carbons (Fsp3) is 0.500. The van der Waals surface area contributed by atoms with Crippen LogP contribution in [0.15, 0.2) is 6.33 Å². The Morgan fingerprint density at radius 1 is 1.56 bits per heavy atom. The summed E-state index contributed by atoms with van der Waals surface area (Å²) in [7, 11) is -0.793. The summed E-state index contributed by atoms with van der Waals surface area (Å²) in [5.74, 6) is 2.45. The summed E-state index contributed by atoms with van der Waals surface area (Å²) in [5.41, 5.74) is 0.803. The Bertz CT molecular complexity index is 585. The second-order valence-electron chi connectivity index (χ2n) is 3.71. The van der Waals surface area contributed by atoms with Gasteiger partial charge in [-0.15, -0.1) is 0 Å². The first-order chi connectivity index (χ1) is 8.63. The van der Waals surface area contributed by atoms with E-state index in [1.807, 2.05) is 13.8 Å². The summed E-state index contributed by atoms with van der Waals surface area (Å²) in [5, 5.41) is 7.67. The monoisotopic (exact) mass is 287 g/mol. The highest BCUT2D eigenvalue weighted by Gasteiger charge is 2.11. The molecule has 98 valence electrons. The molecule has 0 aliphatic carbocycles. The summed E-state index contributed by atoms with van der Waals surface area (Å²) in [6.07, 6.45) is 1.42. The molecule has 6 nitrogen and oxygen atoms in total. The maximum Gasteiger partial charge on any atom is 0.255 e. The van der Waals surface area contributed by atoms with Gasteiger partial charge in [-0.1, -0.05) is 18.5 Å². The molecule has 18 heavy (non-hydrogen) atoms. The van der Waals surface area contributed by atoms with Crippen LogP contribution >= 0.6 is 11.6 Å². The van der Waals surface area contributed by atoms with Crippen LogP contribution in [0, 0.1) is 6.92 Å². The molecule has 8 heteroatoms. The number of rotatable bonds is 5. The molecule has 0 bridgehead atoms. The molecule has 0 fully saturated rings. The van der Waals surface area contributed by atoms with E-state index in [0.29, 0.717) is 29.0 Å². The predicted octanol–water partition coefficient (Wildman–Crippen LogP) is 1.27. The summed E-state index contributed by atoms with van der Waals surface area (Å²) < 4.78 is 13.0. The van der Waals surface area contributed by atoms with Gasteiger partial charge < -0.3 is 5.32 Å². The lowest BCUT2D eigenvalue weighted by Crippen LogP contribution is -2.15. The minimum Gasteiger partial charge on any atom is -0.369 e. The molecule has 2 aromatic heterocycles. The van der Waals surface area contributed by atoms with E-state index < -0.39 is 10.8 Å². The lowest BCUT2D eigenvalue weighted by Gasteiger charge is -2.11. The molecule has 0 spiro atoms. The number of hydrogen-bond acceptors (Lipinski definition) is 5. The zero-order valence-corrected chi connectivity index (χ0v) is 11.8. The molecular formula is C10H14ClN5OS. The minimum atomic E-state index is -0.793. The van der Waals surface area contributed by atoms with E-state index in [0.717, 1.165) is 11.4 Å². The Morgan fingerprint density at radius 3 is 3.06 bits per heavy atom. The Kier molecular flexibility index (Phi) is 4.13. The van der Waals surface area contributed by atoms with Crippen LogP contribution in [0.1, 0.15) is 12.5 Å². The highest BCUT2D eigenvalue weighted by molar-refractivity contribution is 7.84. The van der Waals surface area contributed by atoms with Crippen molar-refractivity contribution in [1.29, 1.82) is 0 Å². The average Bonchev–Trinajstić information content (AvgIpc) is 2.81. The van der Waals surface area contributed by atoms with Gasteiger partial charge in [-0.2, -0.15) is 19.6 Å². The summed E-state index contributed by atoms with van der Waals surface area (Å²) >= 11 is 6.03. The van der Waals surface area contributed by atoms with Crippen LogP contribution in [0.2, 0.25) is 5.15 Å². The largest absolute Gasteiger partial charge is 0.369 e. The minimum absolute atomic E-state index is 0.398. The van der Waals surface area contributed by atoms with Crippen molar-refractivity contribution in [2.75, 3.05) is 23.4 Å². The molecule has 2 heterocycles. The number of aromatic nitrogens is 4. The molecule has 0 saturated carbocycles. The van der Waals surface area contributed by atoms with E-state index in [-0.39, 0.29) is 0 Å². The Labute approximate surface area is 112 Å². The molecular weight excluding hydrogens is 274 g/mol. The first-order valence-corrected chi connectivity index (χ1v) is 7.44. The Morgan fingerprint density at radius 2 is 2.33 bits per heavy atom. The number of fused-ring (bicyclic) bond motifs is 1. The SMILES string of the molecule is CCS(=O)CCNc1c(C)c(Cl)nc2ncnn12. The lowest BCUT2D eigenvalue weighted by molar-refractivity contribution is 0.684. The third-order valence-electron chi connectivity index (χ3n) is 2.55. The van der Waals surface area contributed by atoms with Crippen LogP contribution in [0.25, 0.3) is 5.78 Å². The molecule has 0 aliphatic heterocycles. The van der Waals surface area contributed by atoms with Crippen molar-refractivity contribution in [3.63, 3.8) is 0 Å². The van der Waals surface area contributed by atoms with E-state index in [9.17, 15) is 4.21 Å². The van der Waals surface area contributed by atoms with Gasteiger partial charge in [0.2, 0.25) is 0 Å². The highest BCUT2D eigenvalue weighted by atomic mass is 35.5. The normalized spacial score (nSPS) is 12.8. The molecule has 0 aliphatic rings. The number of anilines is 1. The summed E-state index contributed by atoms with van der Waals surface area (Å²) in [6, 6.07) is 0. The van der Waals surface area contributed by atoms with Gasteiger partial charge in [0.15, 0.2) is 0 Å². The van der Waals surface area contributed by atoms with Crippen molar-refractivity contribution in [3.8, 4) is 0 Å². The van der Waals surface area contributed by atoms with Crippen molar-refractivity contribution >= 4 is 34.0 Å². The zero-order valence-electron chi connectivity index (χ0n) is 10.2. The summed E-state index contributed by atoms with van der Waals surface area (Å²) in [4.78, 5) is 8.11. The van der Waals surface area contributed by atoms with E-state index in [4.69, 9.17) is 11.6 Å². The molecule has 2 aromatic rings. The molecule has 0 radical (unpaired) electrons. The van der Waals surface area contributed by atoms with Crippen LogP contribution in [0.5, 0.6) is 0 Å². The van der Waals surface area contributed by atoms with E-state index in [1.165, 1.54) is 6.33 Å². The van der Waals surface area contributed by atoms with Gasteiger partial charge in [0.05, 0.1) is 0 Å². The second kappa shape index (κ2) is 5.62. The standard InChI is InChI=1S/C10H14ClN5OS/c1-3-18(17)5-4-12-9-7(2)8(11)15-10-13-6-14-16(9)10/h6,12H,3-5H2,1-2H3. The van der Waals surface area contributed by atoms with Crippen LogP contribution in [-0.2, 0) is 10.8 Å². The van der Waals surface area contributed by atoms with Crippen molar-refractivity contribution in [2.45, 2.75) is 13.8 Å². The molecule has 0 aromatic carbocycles. The fourth-order valence-corrected chi connectivity index (χ4v) is 2.32. The van der Waals surface area contributed by atoms with Crippen LogP contribution in [0.4, 0.5) is 5.82 Å². The lowest BCUT2D eigenvalue weighted by atomic mass is 10.3. The number of halogens is 1. The van der Waals surface area contributed by atoms with Gasteiger partial charge in [-0.25, -0.2) is 0 Å². The fourth-order valence-electron chi connectivity index (χ4n) is 1.53. The van der Waals surface area contributed by atoms with Gasteiger partial charge in [0, 0.05) is 34.4 Å². The Balaban J connectivity index is 2.23. The Hall–Kier alpha value is -1.21. The van der Waals surface area contributed by atoms with E-state index in [2.05, 4.69) is 20.4 Å². The van der Waals surface area contributed by atoms with Crippen LogP contribution in [0.3, 0.4) is 0 Å². The predicted molar refractivity (Wildman–Crippen MR) is 72.6 cm³/mol. The maximum atomic E-state index is 11.4. The molecule has 0 saturated heterocycles. The topological polar surface area (TPSA) is 72.2 Å². The highest BCUT2D eigenvalue weighted by Crippen LogP contribution is 2.21. The van der Waals surface area contributed by atoms with Crippen molar-refractivity contribution in [3.05, 3.63) is 17.0 Å². The molecule has 1 unspecified atom stereocenters. The molecule has 2 rings (SSSR count). The molecule has 0 amide bonds. The maximum absolute atomic E-state index is 11.4. The number of hydrogen-bond donors (Lipinski definition) is 1. The smallest absolute Gasteiger partial charge is 0.255 e. The van der Waals surface area contributed by atoms with Crippen LogP contribution < -0.4 is 5.32 Å². The van der Waals surface area contributed by atoms with Crippen molar-refractivity contribution in [2.24, 2.45) is 0 Å². The van der Waals surface area contributed by atoms with Crippen LogP contribution in [-0.4, -0.2) is 41.8 Å². The molecule has 1 N–H and O–H groups in total. The van der Waals surface area contributed by atoms with Gasteiger partial charge in [0.1, 0.15) is 17.3 Å². The quantitative estimate of drug-likeness (QED) is 0.839. The van der Waals surface area contributed by atoms with Crippen molar-refractivity contribution in [1.82, 2.24) is 19.6 Å². The van der Waals surface area contributed by atoms with Crippen molar-refractivity contribution < 1.29 is 4.21 Å². The summed E-state index contributed by atoms with van der Waals surface area (Å²) in [6.45, 7) is 4.35. The second-order valence-corrected chi connectivity index (χ2v) is 5.93. The molecule has 1 atom stereocenters. The first kappa shape index (κ1) is 13.2. The first-order valence-electron chi connectivity index (χ1n) is 5.58.